The molecule has 0 aliphatic heterocycles. The molecule has 0 radical (unpaired) electrons. The van der Waals surface area contributed by atoms with Crippen LogP contribution in [0.3, 0.4) is 0 Å². The average molecular weight is 726 g/mol. The number of thioether (sulfide) groups is 2. The molecule has 0 aromatic heterocycles. The number of allylic oxidation sites excluding steroid dienone is 2. The minimum Gasteiger partial charge on any atom is -0.309 e. The molecule has 0 fully saturated rings. The molecule has 0 N–H and O–H groups in total. The predicted molar refractivity (Wildman–Crippen MR) is 220 cm³/mol. The van der Waals surface area contributed by atoms with Gasteiger partial charge in [0.05, 0.1) is 0 Å². The van der Waals surface area contributed by atoms with Gasteiger partial charge in [0, 0.05) is 30.8 Å². The summed E-state index contributed by atoms with van der Waals surface area (Å²) in [6.07, 6.45) is 39.0. The SMILES string of the molecule is CCCCCCC=CCSC(=O)CCCCCCCP(CCCCCCCC(=O)SCC=CCCCCCC)C(=O)CCCCN(C)C. The number of hydrogen-bond donors (Lipinski definition) is 0. The number of carbonyl (C=O) groups is 3. The van der Waals surface area contributed by atoms with Crippen LogP contribution in [0.15, 0.2) is 24.3 Å². The van der Waals surface area contributed by atoms with Crippen LogP contribution in [0.1, 0.15) is 174 Å². The number of nitrogens with zero attached hydrogens (tertiary/aromatic N) is 1. The van der Waals surface area contributed by atoms with E-state index in [1.165, 1.54) is 101 Å². The molecule has 0 saturated carbocycles. The van der Waals surface area contributed by atoms with Crippen LogP contribution < -0.4 is 0 Å². The summed E-state index contributed by atoms with van der Waals surface area (Å²) in [5, 5.41) is 0.659. The first-order chi connectivity index (χ1) is 23.4. The highest BCUT2D eigenvalue weighted by atomic mass is 32.2. The highest BCUT2D eigenvalue weighted by Gasteiger charge is 2.17. The highest BCUT2D eigenvalue weighted by Crippen LogP contribution is 2.41. The van der Waals surface area contributed by atoms with Gasteiger partial charge in [-0.25, -0.2) is 0 Å². The maximum Gasteiger partial charge on any atom is 0.189 e. The van der Waals surface area contributed by atoms with Gasteiger partial charge in [0.15, 0.2) is 15.8 Å². The van der Waals surface area contributed by atoms with E-state index in [9.17, 15) is 14.4 Å². The van der Waals surface area contributed by atoms with E-state index in [1.807, 2.05) is 0 Å². The van der Waals surface area contributed by atoms with Gasteiger partial charge in [-0.2, -0.15) is 0 Å². The van der Waals surface area contributed by atoms with E-state index in [0.29, 0.717) is 28.6 Å². The second-order valence-corrected chi connectivity index (χ2v) is 18.3. The van der Waals surface area contributed by atoms with E-state index in [-0.39, 0.29) is 0 Å². The van der Waals surface area contributed by atoms with Crippen molar-refractivity contribution in [2.45, 2.75) is 174 Å². The molecule has 0 bridgehead atoms. The molecular formula is C41H76NO3PS2. The third-order valence-electron chi connectivity index (χ3n) is 8.68. The lowest BCUT2D eigenvalue weighted by Crippen LogP contribution is -2.13. The van der Waals surface area contributed by atoms with Gasteiger partial charge in [0.1, 0.15) is 0 Å². The Morgan fingerprint density at radius 3 is 1.38 bits per heavy atom. The summed E-state index contributed by atoms with van der Waals surface area (Å²) in [5.41, 5.74) is 0.541. The lowest BCUT2D eigenvalue weighted by molar-refractivity contribution is -0.112. The second-order valence-electron chi connectivity index (χ2n) is 13.7. The summed E-state index contributed by atoms with van der Waals surface area (Å²) >= 11 is 2.94. The molecule has 0 heterocycles. The third kappa shape index (κ3) is 35.4. The van der Waals surface area contributed by atoms with Crippen molar-refractivity contribution in [2.24, 2.45) is 0 Å². The second kappa shape index (κ2) is 37.8. The largest absolute Gasteiger partial charge is 0.309 e. The topological polar surface area (TPSA) is 54.5 Å². The molecule has 0 saturated heterocycles. The fourth-order valence-corrected chi connectivity index (χ4v) is 9.43. The van der Waals surface area contributed by atoms with Crippen LogP contribution in [0.25, 0.3) is 0 Å². The van der Waals surface area contributed by atoms with Crippen molar-refractivity contribution < 1.29 is 14.4 Å². The van der Waals surface area contributed by atoms with E-state index in [4.69, 9.17) is 0 Å². The number of unbranched alkanes of at least 4 members (excludes halogenated alkanes) is 17. The van der Waals surface area contributed by atoms with Crippen molar-refractivity contribution in [3.63, 3.8) is 0 Å². The molecule has 7 heteroatoms. The fraction of sp³-hybridized carbons (Fsp3) is 0.829. The predicted octanol–water partition coefficient (Wildman–Crippen LogP) is 13.0. The number of carbonyl (C=O) groups excluding carboxylic acids is 3. The molecule has 0 spiro atoms. The van der Waals surface area contributed by atoms with Gasteiger partial charge >= 0.3 is 0 Å². The standard InChI is InChI=1S/C41H76NO3PS2/c1-5-7-9-11-13-21-29-37-47-40(44)32-23-17-15-19-27-35-46(39(43)31-25-26-34-42(3)4)36-28-20-16-18-24-33-41(45)48-38-30-22-14-12-10-8-6-2/h21-22,29-30H,5-20,23-28,31-38H2,1-4H3. The molecule has 0 aromatic carbocycles. The van der Waals surface area contributed by atoms with Crippen molar-refractivity contribution in [1.82, 2.24) is 4.90 Å². The zero-order valence-electron chi connectivity index (χ0n) is 32.0. The fourth-order valence-electron chi connectivity index (χ4n) is 5.60. The minimum absolute atomic E-state index is 0.329. The Morgan fingerprint density at radius 1 is 0.500 bits per heavy atom. The summed E-state index contributed by atoms with van der Waals surface area (Å²) in [4.78, 5) is 39.8. The molecule has 0 unspecified atom stereocenters. The van der Waals surface area contributed by atoms with Gasteiger partial charge in [-0.1, -0.05) is 139 Å². The molecule has 280 valence electrons. The van der Waals surface area contributed by atoms with Gasteiger partial charge in [0.25, 0.3) is 0 Å². The molecule has 0 aliphatic carbocycles. The number of hydrogen-bond acceptors (Lipinski definition) is 6. The Morgan fingerprint density at radius 2 is 0.917 bits per heavy atom. The first-order valence-electron chi connectivity index (χ1n) is 19.9. The number of rotatable bonds is 36. The molecule has 48 heavy (non-hydrogen) atoms. The van der Waals surface area contributed by atoms with Crippen molar-refractivity contribution >= 4 is 47.2 Å². The van der Waals surface area contributed by atoms with Crippen LogP contribution in [0.2, 0.25) is 0 Å². The third-order valence-corrected chi connectivity index (χ3v) is 13.1. The van der Waals surface area contributed by atoms with Crippen LogP contribution in [0.5, 0.6) is 0 Å². The van der Waals surface area contributed by atoms with E-state index in [1.54, 1.807) is 0 Å². The highest BCUT2D eigenvalue weighted by molar-refractivity contribution is 8.14. The Balaban J connectivity index is 4.12. The Bertz CT molecular complexity index is 766. The van der Waals surface area contributed by atoms with E-state index >= 15 is 0 Å². The van der Waals surface area contributed by atoms with E-state index in [0.717, 1.165) is 101 Å². The summed E-state index contributed by atoms with van der Waals surface area (Å²) in [5.74, 6) is 1.63. The van der Waals surface area contributed by atoms with Gasteiger partial charge in [-0.05, 0) is 105 Å². The average Bonchev–Trinajstić information content (AvgIpc) is 3.07. The Labute approximate surface area is 308 Å². The van der Waals surface area contributed by atoms with Gasteiger partial charge in [0.2, 0.25) is 0 Å². The van der Waals surface area contributed by atoms with Gasteiger partial charge in [-0.3, -0.25) is 14.4 Å². The van der Waals surface area contributed by atoms with Crippen molar-refractivity contribution in [3.8, 4) is 0 Å². The molecule has 0 rings (SSSR count). The molecule has 0 atom stereocenters. The zero-order chi connectivity index (χ0) is 35.3. The summed E-state index contributed by atoms with van der Waals surface area (Å²) < 4.78 is 0. The Hall–Kier alpha value is -0.420. The monoisotopic (exact) mass is 726 g/mol. The lowest BCUT2D eigenvalue weighted by atomic mass is 10.1. The van der Waals surface area contributed by atoms with Crippen molar-refractivity contribution in [3.05, 3.63) is 24.3 Å². The molecule has 4 nitrogen and oxygen atoms in total. The normalized spacial score (nSPS) is 12.5. The summed E-state index contributed by atoms with van der Waals surface area (Å²) in [7, 11) is 3.66. The maximum absolute atomic E-state index is 13.2. The van der Waals surface area contributed by atoms with E-state index in [2.05, 4.69) is 57.1 Å². The zero-order valence-corrected chi connectivity index (χ0v) is 34.5. The van der Waals surface area contributed by atoms with Crippen molar-refractivity contribution in [1.29, 1.82) is 0 Å². The molecule has 0 amide bonds. The first kappa shape index (κ1) is 47.6. The van der Waals surface area contributed by atoms with E-state index < -0.39 is 7.92 Å². The van der Waals surface area contributed by atoms with Gasteiger partial charge < -0.3 is 4.90 Å². The van der Waals surface area contributed by atoms with Gasteiger partial charge in [-0.15, -0.1) is 0 Å². The lowest BCUT2D eigenvalue weighted by Gasteiger charge is -2.17. The minimum atomic E-state index is -0.534. The quantitative estimate of drug-likeness (QED) is 0.0364. The molecule has 0 aliphatic rings. The smallest absolute Gasteiger partial charge is 0.189 e. The maximum atomic E-state index is 13.2. The first-order valence-corrected chi connectivity index (χ1v) is 23.6. The van der Waals surface area contributed by atoms with Crippen molar-refractivity contribution in [2.75, 3.05) is 44.5 Å². The Kier molecular flexibility index (Phi) is 37.5. The van der Waals surface area contributed by atoms with Crippen LogP contribution in [-0.2, 0) is 14.4 Å². The van der Waals surface area contributed by atoms with Crippen LogP contribution >= 0.6 is 31.4 Å². The van der Waals surface area contributed by atoms with Crippen LogP contribution in [-0.4, -0.2) is 65.1 Å². The summed E-state index contributed by atoms with van der Waals surface area (Å²) in [6, 6.07) is 0. The van der Waals surface area contributed by atoms with Crippen LogP contribution in [0, 0.1) is 0 Å². The molecule has 0 aromatic rings. The molecular weight excluding hydrogens is 650 g/mol. The van der Waals surface area contributed by atoms with Crippen LogP contribution in [0.4, 0.5) is 0 Å². The summed E-state index contributed by atoms with van der Waals surface area (Å²) in [6.45, 7) is 5.53.